The first-order chi connectivity index (χ1) is 7.01. The summed E-state index contributed by atoms with van der Waals surface area (Å²) in [4.78, 5) is 23.4. The van der Waals surface area contributed by atoms with E-state index in [2.05, 4.69) is 5.32 Å². The minimum atomic E-state index is -0.971. The molecule has 0 saturated heterocycles. The van der Waals surface area contributed by atoms with E-state index in [1.165, 1.54) is 4.90 Å². The van der Waals surface area contributed by atoms with Crippen molar-refractivity contribution >= 4 is 11.9 Å². The molecule has 0 aromatic heterocycles. The normalized spacial score (nSPS) is 12.2. The van der Waals surface area contributed by atoms with Crippen LogP contribution in [0.4, 0.5) is 0 Å². The highest BCUT2D eigenvalue weighted by atomic mass is 16.4. The summed E-state index contributed by atoms with van der Waals surface area (Å²) < 4.78 is 0. The Balaban J connectivity index is 4.09. The van der Waals surface area contributed by atoms with E-state index in [0.717, 1.165) is 6.54 Å². The number of carbonyl (C=O) groups is 2. The van der Waals surface area contributed by atoms with Gasteiger partial charge >= 0.3 is 5.97 Å². The smallest absolute Gasteiger partial charge is 0.323 e. The molecule has 0 spiro atoms. The molecule has 0 aromatic carbocycles. The lowest BCUT2D eigenvalue weighted by atomic mass is 10.2. The summed E-state index contributed by atoms with van der Waals surface area (Å²) in [5.74, 6) is -1.09. The first kappa shape index (κ1) is 13.9. The van der Waals surface area contributed by atoms with E-state index in [0.29, 0.717) is 13.0 Å². The van der Waals surface area contributed by atoms with E-state index >= 15 is 0 Å². The Kier molecular flexibility index (Phi) is 6.70. The fourth-order valence-corrected chi connectivity index (χ4v) is 1.35. The van der Waals surface area contributed by atoms with Gasteiger partial charge in [0.25, 0.3) is 0 Å². The molecule has 2 N–H and O–H groups in total. The highest BCUT2D eigenvalue weighted by Crippen LogP contribution is 1.98. The second-order valence-electron chi connectivity index (χ2n) is 3.46. The Hall–Kier alpha value is -1.10. The summed E-state index contributed by atoms with van der Waals surface area (Å²) in [7, 11) is 0. The molecule has 5 nitrogen and oxygen atoms in total. The Bertz CT molecular complexity index is 219. The van der Waals surface area contributed by atoms with Crippen molar-refractivity contribution in [3.8, 4) is 0 Å². The van der Waals surface area contributed by atoms with Crippen molar-refractivity contribution in [1.29, 1.82) is 0 Å². The molecule has 1 atom stereocenters. The van der Waals surface area contributed by atoms with Crippen LogP contribution in [-0.2, 0) is 9.59 Å². The number of aliphatic carboxylic acids is 1. The van der Waals surface area contributed by atoms with Crippen LogP contribution in [0.15, 0.2) is 0 Å². The lowest BCUT2D eigenvalue weighted by molar-refractivity contribution is -0.144. The Morgan fingerprint density at radius 1 is 1.40 bits per heavy atom. The maximum atomic E-state index is 11.6. The minimum Gasteiger partial charge on any atom is -0.480 e. The molecule has 0 radical (unpaired) electrons. The van der Waals surface area contributed by atoms with E-state index in [4.69, 9.17) is 5.11 Å². The van der Waals surface area contributed by atoms with Crippen LogP contribution >= 0.6 is 0 Å². The Labute approximate surface area is 90.5 Å². The molecule has 0 fully saturated rings. The molecule has 0 aliphatic rings. The molecule has 0 bridgehead atoms. The van der Waals surface area contributed by atoms with E-state index in [-0.39, 0.29) is 18.5 Å². The molecule has 0 aliphatic heterocycles. The second-order valence-corrected chi connectivity index (χ2v) is 3.46. The number of nitrogens with zero attached hydrogens (tertiary/aromatic N) is 1. The van der Waals surface area contributed by atoms with Gasteiger partial charge in [0, 0.05) is 19.0 Å². The van der Waals surface area contributed by atoms with Crippen molar-refractivity contribution in [3.63, 3.8) is 0 Å². The van der Waals surface area contributed by atoms with Crippen molar-refractivity contribution in [2.45, 2.75) is 33.2 Å². The lowest BCUT2D eigenvalue weighted by Gasteiger charge is -2.21. The molecule has 1 amide bonds. The third kappa shape index (κ3) is 6.06. The molecule has 0 saturated carbocycles. The van der Waals surface area contributed by atoms with E-state index in [1.807, 2.05) is 13.8 Å². The van der Waals surface area contributed by atoms with Crippen molar-refractivity contribution in [1.82, 2.24) is 10.2 Å². The van der Waals surface area contributed by atoms with Crippen molar-refractivity contribution in [2.24, 2.45) is 0 Å². The van der Waals surface area contributed by atoms with Crippen LogP contribution in [0.5, 0.6) is 0 Å². The predicted molar refractivity (Wildman–Crippen MR) is 57.6 cm³/mol. The zero-order valence-corrected chi connectivity index (χ0v) is 9.62. The third-order valence-corrected chi connectivity index (χ3v) is 2.09. The standard InChI is InChI=1S/C10H20N2O3/c1-4-11-8(3)6-9(13)12(5-2)7-10(14)15/h8,11H,4-7H2,1-3H3,(H,14,15). The number of carboxylic acids is 1. The molecule has 0 heterocycles. The molecule has 0 rings (SSSR count). The van der Waals surface area contributed by atoms with Crippen LogP contribution in [0, 0.1) is 0 Å². The molecular formula is C10H20N2O3. The molecule has 0 aliphatic carbocycles. The SMILES string of the molecule is CCNC(C)CC(=O)N(CC)CC(=O)O. The zero-order chi connectivity index (χ0) is 11.8. The molecule has 1 unspecified atom stereocenters. The monoisotopic (exact) mass is 216 g/mol. The van der Waals surface area contributed by atoms with Crippen LogP contribution in [0.1, 0.15) is 27.2 Å². The quantitative estimate of drug-likeness (QED) is 0.642. The minimum absolute atomic E-state index is 0.0883. The molecule has 15 heavy (non-hydrogen) atoms. The Morgan fingerprint density at radius 2 is 2.00 bits per heavy atom. The van der Waals surface area contributed by atoms with Gasteiger partial charge in [-0.3, -0.25) is 9.59 Å². The first-order valence-electron chi connectivity index (χ1n) is 5.24. The van der Waals surface area contributed by atoms with Gasteiger partial charge in [0.15, 0.2) is 0 Å². The van der Waals surface area contributed by atoms with Gasteiger partial charge in [-0.15, -0.1) is 0 Å². The number of nitrogens with one attached hydrogen (secondary N) is 1. The summed E-state index contributed by atoms with van der Waals surface area (Å²) in [6.07, 6.45) is 0.342. The number of carbonyl (C=O) groups excluding carboxylic acids is 1. The van der Waals surface area contributed by atoms with E-state index in [9.17, 15) is 9.59 Å². The lowest BCUT2D eigenvalue weighted by Crippen LogP contribution is -2.39. The summed E-state index contributed by atoms with van der Waals surface area (Å²) in [6, 6.07) is 0.0883. The predicted octanol–water partition coefficient (Wildman–Crippen LogP) is 0.308. The van der Waals surface area contributed by atoms with Gasteiger partial charge in [0.1, 0.15) is 6.54 Å². The van der Waals surface area contributed by atoms with Gasteiger partial charge in [-0.2, -0.15) is 0 Å². The van der Waals surface area contributed by atoms with Crippen LogP contribution in [-0.4, -0.2) is 47.6 Å². The van der Waals surface area contributed by atoms with Crippen LogP contribution < -0.4 is 5.32 Å². The maximum Gasteiger partial charge on any atom is 0.323 e. The third-order valence-electron chi connectivity index (χ3n) is 2.09. The van der Waals surface area contributed by atoms with E-state index < -0.39 is 5.97 Å². The van der Waals surface area contributed by atoms with Gasteiger partial charge < -0.3 is 15.3 Å². The molecule has 0 aromatic rings. The number of carboxylic acid groups (broad SMARTS) is 1. The van der Waals surface area contributed by atoms with E-state index in [1.54, 1.807) is 6.92 Å². The van der Waals surface area contributed by atoms with Gasteiger partial charge in [-0.05, 0) is 20.4 Å². The van der Waals surface area contributed by atoms with Crippen LogP contribution in [0.25, 0.3) is 0 Å². The van der Waals surface area contributed by atoms with Gasteiger partial charge in [0.2, 0.25) is 5.91 Å². The van der Waals surface area contributed by atoms with Crippen molar-refractivity contribution in [3.05, 3.63) is 0 Å². The van der Waals surface area contributed by atoms with Gasteiger partial charge in [-0.25, -0.2) is 0 Å². The van der Waals surface area contributed by atoms with Crippen LogP contribution in [0.2, 0.25) is 0 Å². The average Bonchev–Trinajstić information content (AvgIpc) is 2.13. The summed E-state index contributed by atoms with van der Waals surface area (Å²) in [5, 5.41) is 11.7. The Morgan fingerprint density at radius 3 is 2.40 bits per heavy atom. The highest BCUT2D eigenvalue weighted by molar-refractivity contribution is 5.81. The van der Waals surface area contributed by atoms with Crippen molar-refractivity contribution in [2.75, 3.05) is 19.6 Å². The topological polar surface area (TPSA) is 69.6 Å². The number of hydrogen-bond acceptors (Lipinski definition) is 3. The maximum absolute atomic E-state index is 11.6. The molecule has 5 heteroatoms. The van der Waals surface area contributed by atoms with Crippen molar-refractivity contribution < 1.29 is 14.7 Å². The summed E-state index contributed by atoms with van der Waals surface area (Å²) in [6.45, 7) is 6.68. The number of rotatable bonds is 7. The second kappa shape index (κ2) is 7.23. The average molecular weight is 216 g/mol. The summed E-state index contributed by atoms with van der Waals surface area (Å²) in [5.41, 5.74) is 0. The zero-order valence-electron chi connectivity index (χ0n) is 9.62. The number of amides is 1. The van der Waals surface area contributed by atoms with Crippen LogP contribution in [0.3, 0.4) is 0 Å². The van der Waals surface area contributed by atoms with Gasteiger partial charge in [0.05, 0.1) is 0 Å². The van der Waals surface area contributed by atoms with Gasteiger partial charge in [-0.1, -0.05) is 6.92 Å². The summed E-state index contributed by atoms with van der Waals surface area (Å²) >= 11 is 0. The fraction of sp³-hybridized carbons (Fsp3) is 0.800. The first-order valence-corrected chi connectivity index (χ1v) is 5.24. The molecule has 88 valence electrons. The number of likely N-dealkylation sites (N-methyl/N-ethyl adjacent to an activating group) is 1. The highest BCUT2D eigenvalue weighted by Gasteiger charge is 2.16. The number of hydrogen-bond donors (Lipinski definition) is 2. The molecular weight excluding hydrogens is 196 g/mol. The largest absolute Gasteiger partial charge is 0.480 e. The fourth-order valence-electron chi connectivity index (χ4n) is 1.35.